The molecule has 0 radical (unpaired) electrons. The molecular weight excluding hydrogens is 290 g/mol. The molecule has 2 aliphatic heterocycles. The lowest BCUT2D eigenvalue weighted by molar-refractivity contribution is -0.0222. The molecule has 3 aliphatic rings. The summed E-state index contributed by atoms with van der Waals surface area (Å²) in [7, 11) is 0. The fraction of sp³-hybridized carbons (Fsp3) is 0.667. The Bertz CT molecular complexity index is 620. The molecular formula is C15H18F2N4O. The van der Waals surface area contributed by atoms with Gasteiger partial charge < -0.3 is 10.2 Å². The molecule has 5 nitrogen and oxygen atoms in total. The lowest BCUT2D eigenvalue weighted by atomic mass is 10.0. The number of rotatable bonds is 2. The van der Waals surface area contributed by atoms with Gasteiger partial charge in [-0.1, -0.05) is 0 Å². The summed E-state index contributed by atoms with van der Waals surface area (Å²) in [6, 6.07) is 0. The molecule has 2 fully saturated rings. The first-order chi connectivity index (χ1) is 10.5. The molecule has 0 aromatic carbocycles. The van der Waals surface area contributed by atoms with Crippen LogP contribution in [0.15, 0.2) is 0 Å². The van der Waals surface area contributed by atoms with Gasteiger partial charge in [0.1, 0.15) is 17.3 Å². The van der Waals surface area contributed by atoms with Crippen molar-refractivity contribution in [2.75, 3.05) is 24.5 Å². The number of anilines is 1. The van der Waals surface area contributed by atoms with Gasteiger partial charge in [-0.15, -0.1) is 0 Å². The topological polar surface area (TPSA) is 58.1 Å². The number of aromatic nitrogens is 2. The SMILES string of the molecule is O=C1NCCc2c1nc(C1CC1)nc2N1CCC(F)(F)CC1. The van der Waals surface area contributed by atoms with Crippen molar-refractivity contribution in [1.29, 1.82) is 0 Å². The van der Waals surface area contributed by atoms with Crippen molar-refractivity contribution in [3.05, 3.63) is 17.1 Å². The van der Waals surface area contributed by atoms with Gasteiger partial charge in [0.2, 0.25) is 0 Å². The van der Waals surface area contributed by atoms with Crippen LogP contribution in [0.2, 0.25) is 0 Å². The summed E-state index contributed by atoms with van der Waals surface area (Å²) in [5.41, 5.74) is 1.26. The Kier molecular flexibility index (Phi) is 3.06. The molecule has 0 spiro atoms. The number of piperidine rings is 1. The number of nitrogens with zero attached hydrogens (tertiary/aromatic N) is 3. The minimum Gasteiger partial charge on any atom is -0.356 e. The molecule has 1 amide bonds. The Hall–Kier alpha value is -1.79. The summed E-state index contributed by atoms with van der Waals surface area (Å²) in [5, 5.41) is 2.80. The summed E-state index contributed by atoms with van der Waals surface area (Å²) in [6.07, 6.45) is 2.43. The van der Waals surface area contributed by atoms with Gasteiger partial charge in [0.05, 0.1) is 0 Å². The first kappa shape index (κ1) is 13.8. The second-order valence-electron chi connectivity index (χ2n) is 6.36. The average molecular weight is 308 g/mol. The Balaban J connectivity index is 1.72. The number of carbonyl (C=O) groups excluding carboxylic acids is 1. The molecule has 1 aromatic rings. The zero-order chi connectivity index (χ0) is 15.3. The van der Waals surface area contributed by atoms with Gasteiger partial charge >= 0.3 is 0 Å². The van der Waals surface area contributed by atoms with Gasteiger partial charge in [0.15, 0.2) is 0 Å². The smallest absolute Gasteiger partial charge is 0.270 e. The largest absolute Gasteiger partial charge is 0.356 e. The van der Waals surface area contributed by atoms with Crippen LogP contribution < -0.4 is 10.2 Å². The van der Waals surface area contributed by atoms with Gasteiger partial charge in [-0.3, -0.25) is 4.79 Å². The first-order valence-electron chi connectivity index (χ1n) is 7.85. The van der Waals surface area contributed by atoms with Crippen LogP contribution in [0.3, 0.4) is 0 Å². The van der Waals surface area contributed by atoms with Crippen LogP contribution in [0.25, 0.3) is 0 Å². The second kappa shape index (κ2) is 4.86. The first-order valence-corrected chi connectivity index (χ1v) is 7.85. The van der Waals surface area contributed by atoms with Gasteiger partial charge in [-0.05, 0) is 19.3 Å². The van der Waals surface area contributed by atoms with E-state index in [1.165, 1.54) is 0 Å². The number of nitrogens with one attached hydrogen (secondary N) is 1. The predicted molar refractivity (Wildman–Crippen MR) is 76.4 cm³/mol. The van der Waals surface area contributed by atoms with Crippen LogP contribution in [0, 0.1) is 0 Å². The van der Waals surface area contributed by atoms with Crippen LogP contribution in [0.4, 0.5) is 14.6 Å². The molecule has 1 N–H and O–H groups in total. The number of halogens is 2. The van der Waals surface area contributed by atoms with E-state index in [-0.39, 0.29) is 31.8 Å². The Labute approximate surface area is 127 Å². The van der Waals surface area contributed by atoms with E-state index in [1.807, 2.05) is 4.90 Å². The summed E-state index contributed by atoms with van der Waals surface area (Å²) < 4.78 is 26.8. The van der Waals surface area contributed by atoms with Crippen LogP contribution in [0.5, 0.6) is 0 Å². The highest BCUT2D eigenvalue weighted by molar-refractivity contribution is 5.96. The van der Waals surface area contributed by atoms with Crippen LogP contribution in [-0.2, 0) is 6.42 Å². The Morgan fingerprint density at radius 1 is 1.18 bits per heavy atom. The number of amides is 1. The van der Waals surface area contributed by atoms with Crippen LogP contribution in [0.1, 0.15) is 53.5 Å². The maximum Gasteiger partial charge on any atom is 0.270 e. The molecule has 1 saturated carbocycles. The second-order valence-corrected chi connectivity index (χ2v) is 6.36. The molecule has 3 heterocycles. The third-order valence-electron chi connectivity index (χ3n) is 4.62. The summed E-state index contributed by atoms with van der Waals surface area (Å²) >= 11 is 0. The lowest BCUT2D eigenvalue weighted by Gasteiger charge is -2.34. The third kappa shape index (κ3) is 2.42. The highest BCUT2D eigenvalue weighted by Gasteiger charge is 2.37. The molecule has 1 aliphatic carbocycles. The molecule has 118 valence electrons. The number of alkyl halides is 2. The number of hydrogen-bond acceptors (Lipinski definition) is 4. The third-order valence-corrected chi connectivity index (χ3v) is 4.62. The highest BCUT2D eigenvalue weighted by Crippen LogP contribution is 2.40. The van der Waals surface area contributed by atoms with Crippen LogP contribution >= 0.6 is 0 Å². The van der Waals surface area contributed by atoms with Crippen molar-refractivity contribution >= 4 is 11.7 Å². The van der Waals surface area contributed by atoms with Gasteiger partial charge in [0, 0.05) is 44.0 Å². The molecule has 1 saturated heterocycles. The van der Waals surface area contributed by atoms with E-state index in [4.69, 9.17) is 0 Å². The standard InChI is InChI=1S/C15H18F2N4O/c16-15(17)4-7-21(8-5-15)13-10-3-6-18-14(22)11(10)19-12(20-13)9-1-2-9/h9H,1-8H2,(H,18,22). The summed E-state index contributed by atoms with van der Waals surface area (Å²) in [5.74, 6) is -1.03. The molecule has 22 heavy (non-hydrogen) atoms. The molecule has 0 unspecified atom stereocenters. The predicted octanol–water partition coefficient (Wildman–Crippen LogP) is 1.88. The van der Waals surface area contributed by atoms with Crippen molar-refractivity contribution in [3.63, 3.8) is 0 Å². The fourth-order valence-electron chi connectivity index (χ4n) is 3.12. The van der Waals surface area contributed by atoms with E-state index in [0.29, 0.717) is 36.2 Å². The molecule has 0 atom stereocenters. The maximum atomic E-state index is 13.4. The van der Waals surface area contributed by atoms with E-state index in [1.54, 1.807) is 0 Å². The lowest BCUT2D eigenvalue weighted by Crippen LogP contribution is -2.42. The number of carbonyl (C=O) groups is 1. The van der Waals surface area contributed by atoms with Crippen molar-refractivity contribution in [2.45, 2.75) is 43.9 Å². The monoisotopic (exact) mass is 308 g/mol. The van der Waals surface area contributed by atoms with Gasteiger partial charge in [-0.2, -0.15) is 0 Å². The van der Waals surface area contributed by atoms with Crippen molar-refractivity contribution in [2.24, 2.45) is 0 Å². The number of hydrogen-bond donors (Lipinski definition) is 1. The van der Waals surface area contributed by atoms with Crippen molar-refractivity contribution in [3.8, 4) is 0 Å². The fourth-order valence-corrected chi connectivity index (χ4v) is 3.12. The quantitative estimate of drug-likeness (QED) is 0.906. The van der Waals surface area contributed by atoms with Crippen LogP contribution in [-0.4, -0.2) is 41.4 Å². The zero-order valence-corrected chi connectivity index (χ0v) is 12.2. The van der Waals surface area contributed by atoms with Gasteiger partial charge in [-0.25, -0.2) is 18.7 Å². The molecule has 0 bridgehead atoms. The van der Waals surface area contributed by atoms with E-state index in [0.717, 1.165) is 18.4 Å². The maximum absolute atomic E-state index is 13.4. The summed E-state index contributed by atoms with van der Waals surface area (Å²) in [4.78, 5) is 23.1. The normalized spacial score (nSPS) is 23.9. The minimum absolute atomic E-state index is 0.156. The van der Waals surface area contributed by atoms with E-state index in [9.17, 15) is 13.6 Å². The van der Waals surface area contributed by atoms with Crippen molar-refractivity contribution in [1.82, 2.24) is 15.3 Å². The highest BCUT2D eigenvalue weighted by atomic mass is 19.3. The average Bonchev–Trinajstić information content (AvgIpc) is 3.32. The van der Waals surface area contributed by atoms with E-state index >= 15 is 0 Å². The molecule has 7 heteroatoms. The molecule has 4 rings (SSSR count). The molecule has 1 aromatic heterocycles. The van der Waals surface area contributed by atoms with E-state index in [2.05, 4.69) is 15.3 Å². The van der Waals surface area contributed by atoms with Crippen molar-refractivity contribution < 1.29 is 13.6 Å². The zero-order valence-electron chi connectivity index (χ0n) is 12.2. The van der Waals surface area contributed by atoms with E-state index < -0.39 is 5.92 Å². The van der Waals surface area contributed by atoms with Gasteiger partial charge in [0.25, 0.3) is 11.8 Å². The Morgan fingerprint density at radius 2 is 1.91 bits per heavy atom. The number of fused-ring (bicyclic) bond motifs is 1. The minimum atomic E-state index is -2.58. The Morgan fingerprint density at radius 3 is 2.59 bits per heavy atom. The summed E-state index contributed by atoms with van der Waals surface area (Å²) in [6.45, 7) is 1.11.